The Bertz CT molecular complexity index is 906. The molecule has 0 radical (unpaired) electrons. The van der Waals surface area contributed by atoms with Gasteiger partial charge in [-0.25, -0.2) is 0 Å². The van der Waals surface area contributed by atoms with Crippen LogP contribution in [0.4, 0.5) is 0 Å². The van der Waals surface area contributed by atoms with Crippen LogP contribution in [0.15, 0.2) is 59.1 Å². The third-order valence-electron chi connectivity index (χ3n) is 4.85. The van der Waals surface area contributed by atoms with E-state index >= 15 is 0 Å². The molecule has 6 heteroatoms. The number of ether oxygens (including phenoxy) is 1. The van der Waals surface area contributed by atoms with Crippen molar-refractivity contribution in [1.82, 2.24) is 15.0 Å². The number of carbonyl (C=O) groups excluding carboxylic acids is 1. The summed E-state index contributed by atoms with van der Waals surface area (Å²) in [6.45, 7) is 0.711. The van der Waals surface area contributed by atoms with Crippen molar-refractivity contribution >= 4 is 5.91 Å². The van der Waals surface area contributed by atoms with Crippen LogP contribution in [0.2, 0.25) is 0 Å². The highest BCUT2D eigenvalue weighted by Crippen LogP contribution is 2.32. The van der Waals surface area contributed by atoms with Crippen LogP contribution in [-0.2, 0) is 11.2 Å². The lowest BCUT2D eigenvalue weighted by atomic mass is 10.1. The smallest absolute Gasteiger partial charge is 0.249 e. The molecule has 1 saturated heterocycles. The van der Waals surface area contributed by atoms with Gasteiger partial charge in [-0.1, -0.05) is 47.6 Å². The van der Waals surface area contributed by atoms with Crippen molar-refractivity contribution in [2.75, 3.05) is 13.7 Å². The van der Waals surface area contributed by atoms with Crippen molar-refractivity contribution in [1.29, 1.82) is 0 Å². The van der Waals surface area contributed by atoms with Crippen molar-refractivity contribution in [3.8, 4) is 17.1 Å². The Hall–Kier alpha value is -3.15. The average molecular weight is 363 g/mol. The van der Waals surface area contributed by atoms with Crippen LogP contribution in [-0.4, -0.2) is 34.6 Å². The first kappa shape index (κ1) is 17.3. The van der Waals surface area contributed by atoms with E-state index in [1.165, 1.54) is 0 Å². The molecule has 2 aromatic carbocycles. The zero-order valence-corrected chi connectivity index (χ0v) is 15.2. The van der Waals surface area contributed by atoms with Gasteiger partial charge in [-0.15, -0.1) is 0 Å². The average Bonchev–Trinajstić information content (AvgIpc) is 3.38. The highest BCUT2D eigenvalue weighted by molar-refractivity contribution is 5.79. The molecule has 27 heavy (non-hydrogen) atoms. The summed E-state index contributed by atoms with van der Waals surface area (Å²) in [5, 5.41) is 4.09. The van der Waals surface area contributed by atoms with Crippen LogP contribution in [0, 0.1) is 0 Å². The number of hydrogen-bond donors (Lipinski definition) is 0. The van der Waals surface area contributed by atoms with Crippen molar-refractivity contribution in [3.63, 3.8) is 0 Å². The molecular formula is C21H21N3O3. The van der Waals surface area contributed by atoms with Gasteiger partial charge in [-0.3, -0.25) is 4.79 Å². The van der Waals surface area contributed by atoms with Crippen LogP contribution in [0.25, 0.3) is 11.4 Å². The maximum atomic E-state index is 12.8. The van der Waals surface area contributed by atoms with Crippen LogP contribution in [0.1, 0.15) is 30.3 Å². The van der Waals surface area contributed by atoms with E-state index in [0.717, 1.165) is 29.7 Å². The molecule has 138 valence electrons. The number of nitrogens with zero attached hydrogens (tertiary/aromatic N) is 3. The van der Waals surface area contributed by atoms with E-state index in [1.807, 2.05) is 59.5 Å². The van der Waals surface area contributed by atoms with E-state index in [1.54, 1.807) is 7.11 Å². The molecule has 1 aromatic heterocycles. The number of hydrogen-bond acceptors (Lipinski definition) is 5. The standard InChI is InChI=1S/C21H21N3O3/c1-26-17-11-9-15(10-12-17)14-19(25)24-13-5-8-18(24)21-22-20(23-27-21)16-6-3-2-4-7-16/h2-4,6-7,9-12,18H,5,8,13-14H2,1H3/t18-/m1/s1. The Morgan fingerprint density at radius 1 is 1.19 bits per heavy atom. The molecule has 4 rings (SSSR count). The van der Waals surface area contributed by atoms with Gasteiger partial charge < -0.3 is 14.2 Å². The third kappa shape index (κ3) is 3.69. The predicted octanol–water partition coefficient (Wildman–Crippen LogP) is 3.65. The van der Waals surface area contributed by atoms with Gasteiger partial charge in [-0.2, -0.15) is 4.98 Å². The van der Waals surface area contributed by atoms with Crippen molar-refractivity contribution in [3.05, 3.63) is 66.1 Å². The lowest BCUT2D eigenvalue weighted by Gasteiger charge is -2.22. The first-order valence-corrected chi connectivity index (χ1v) is 9.06. The predicted molar refractivity (Wildman–Crippen MR) is 100 cm³/mol. The molecule has 0 bridgehead atoms. The van der Waals surface area contributed by atoms with E-state index in [-0.39, 0.29) is 11.9 Å². The lowest BCUT2D eigenvalue weighted by molar-refractivity contribution is -0.131. The molecule has 0 N–H and O–H groups in total. The molecule has 1 aliphatic heterocycles. The fourth-order valence-electron chi connectivity index (χ4n) is 3.42. The Kier molecular flexibility index (Phi) is 4.87. The largest absolute Gasteiger partial charge is 0.497 e. The van der Waals surface area contributed by atoms with Gasteiger partial charge in [0, 0.05) is 12.1 Å². The minimum Gasteiger partial charge on any atom is -0.497 e. The maximum Gasteiger partial charge on any atom is 0.249 e. The summed E-state index contributed by atoms with van der Waals surface area (Å²) in [6.07, 6.45) is 2.12. The Labute approximate surface area is 157 Å². The Morgan fingerprint density at radius 3 is 2.70 bits per heavy atom. The van der Waals surface area contributed by atoms with E-state index in [0.29, 0.717) is 24.7 Å². The molecule has 1 fully saturated rings. The first-order valence-electron chi connectivity index (χ1n) is 9.06. The van der Waals surface area contributed by atoms with Crippen molar-refractivity contribution < 1.29 is 14.1 Å². The molecule has 6 nitrogen and oxygen atoms in total. The van der Waals surface area contributed by atoms with E-state index < -0.39 is 0 Å². The number of likely N-dealkylation sites (tertiary alicyclic amines) is 1. The topological polar surface area (TPSA) is 68.5 Å². The first-order chi connectivity index (χ1) is 13.2. The highest BCUT2D eigenvalue weighted by Gasteiger charge is 2.34. The normalized spacial score (nSPS) is 16.5. The number of carbonyl (C=O) groups is 1. The number of methoxy groups -OCH3 is 1. The number of aromatic nitrogens is 2. The second-order valence-electron chi connectivity index (χ2n) is 6.59. The highest BCUT2D eigenvalue weighted by atomic mass is 16.5. The van der Waals surface area contributed by atoms with Crippen LogP contribution >= 0.6 is 0 Å². The minimum atomic E-state index is -0.152. The summed E-state index contributed by atoms with van der Waals surface area (Å²) in [6, 6.07) is 17.1. The van der Waals surface area contributed by atoms with Crippen molar-refractivity contribution in [2.45, 2.75) is 25.3 Å². The van der Waals surface area contributed by atoms with Gasteiger partial charge in [0.1, 0.15) is 11.8 Å². The molecule has 1 atom stereocenters. The number of rotatable bonds is 5. The zero-order chi connectivity index (χ0) is 18.6. The van der Waals surface area contributed by atoms with Gasteiger partial charge in [0.05, 0.1) is 13.5 Å². The summed E-state index contributed by atoms with van der Waals surface area (Å²) in [7, 11) is 1.63. The van der Waals surface area contributed by atoms with Gasteiger partial charge >= 0.3 is 0 Å². The summed E-state index contributed by atoms with van der Waals surface area (Å²) < 4.78 is 10.7. The van der Waals surface area contributed by atoms with Crippen molar-refractivity contribution in [2.24, 2.45) is 0 Å². The molecular weight excluding hydrogens is 342 g/mol. The van der Waals surface area contributed by atoms with Crippen LogP contribution in [0.5, 0.6) is 5.75 Å². The molecule has 1 aliphatic rings. The maximum absolute atomic E-state index is 12.8. The van der Waals surface area contributed by atoms with Gasteiger partial charge in [-0.05, 0) is 30.5 Å². The summed E-state index contributed by atoms with van der Waals surface area (Å²) in [5.41, 5.74) is 1.86. The van der Waals surface area contributed by atoms with Gasteiger partial charge in [0.25, 0.3) is 0 Å². The molecule has 0 spiro atoms. The Balaban J connectivity index is 1.48. The van der Waals surface area contributed by atoms with E-state index in [4.69, 9.17) is 9.26 Å². The molecule has 1 amide bonds. The summed E-state index contributed by atoms with van der Waals surface area (Å²) in [4.78, 5) is 19.2. The van der Waals surface area contributed by atoms with Gasteiger partial charge in [0.2, 0.25) is 17.6 Å². The fraction of sp³-hybridized carbons (Fsp3) is 0.286. The summed E-state index contributed by atoms with van der Waals surface area (Å²) >= 11 is 0. The second kappa shape index (κ2) is 7.61. The minimum absolute atomic E-state index is 0.0714. The third-order valence-corrected chi connectivity index (χ3v) is 4.85. The lowest BCUT2D eigenvalue weighted by Crippen LogP contribution is -2.32. The second-order valence-corrected chi connectivity index (χ2v) is 6.59. The molecule has 0 aliphatic carbocycles. The monoisotopic (exact) mass is 363 g/mol. The van der Waals surface area contributed by atoms with E-state index in [2.05, 4.69) is 10.1 Å². The van der Waals surface area contributed by atoms with Crippen LogP contribution < -0.4 is 4.74 Å². The van der Waals surface area contributed by atoms with Gasteiger partial charge in [0.15, 0.2) is 0 Å². The number of benzene rings is 2. The molecule has 2 heterocycles. The van der Waals surface area contributed by atoms with E-state index in [9.17, 15) is 4.79 Å². The summed E-state index contributed by atoms with van der Waals surface area (Å²) in [5.74, 6) is 1.92. The van der Waals surface area contributed by atoms with Crippen LogP contribution in [0.3, 0.4) is 0 Å². The molecule has 0 unspecified atom stereocenters. The molecule has 3 aromatic rings. The molecule has 0 saturated carbocycles. The Morgan fingerprint density at radius 2 is 1.96 bits per heavy atom. The zero-order valence-electron chi connectivity index (χ0n) is 15.2. The fourth-order valence-corrected chi connectivity index (χ4v) is 3.42. The SMILES string of the molecule is COc1ccc(CC(=O)N2CCC[C@@H]2c2nc(-c3ccccc3)no2)cc1. The number of amides is 1. The quantitative estimate of drug-likeness (QED) is 0.692.